The van der Waals surface area contributed by atoms with Gasteiger partial charge in [-0.15, -0.1) is 0 Å². The van der Waals surface area contributed by atoms with E-state index in [-0.39, 0.29) is 25.2 Å². The molecule has 0 fully saturated rings. The Morgan fingerprint density at radius 1 is 0.903 bits per heavy atom. The topological polar surface area (TPSA) is 194 Å². The van der Waals surface area contributed by atoms with Crippen molar-refractivity contribution >= 4 is 41.4 Å². The average molecular weight is 462 g/mol. The summed E-state index contributed by atoms with van der Waals surface area (Å²) in [6.07, 6.45) is 2.35. The molecule has 8 N–H and O–H groups in total. The number of thioether (sulfide) groups is 1. The molecule has 0 heterocycles. The summed E-state index contributed by atoms with van der Waals surface area (Å²) in [6, 6.07) is -4.04. The van der Waals surface area contributed by atoms with Gasteiger partial charge >= 0.3 is 5.97 Å². The van der Waals surface area contributed by atoms with E-state index in [9.17, 15) is 29.1 Å². The molecule has 0 aromatic heterocycles. The summed E-state index contributed by atoms with van der Waals surface area (Å²) in [5.41, 5.74) is 10.8. The lowest BCUT2D eigenvalue weighted by molar-refractivity contribution is -0.142. The van der Waals surface area contributed by atoms with Crippen LogP contribution < -0.4 is 27.4 Å². The minimum Gasteiger partial charge on any atom is -0.480 e. The fraction of sp³-hybridized carbons (Fsp3) is 0.737. The summed E-state index contributed by atoms with van der Waals surface area (Å²) in [5, 5.41) is 16.7. The highest BCUT2D eigenvalue weighted by Gasteiger charge is 2.28. The standard InChI is InChI=1S/C19H35N5O6S/c1-10(2)9-14(24-17(27)12(20)5-6-15(21)25)18(28)22-11(3)16(26)23-13(19(29)30)7-8-31-4/h10-14H,5-9,20H2,1-4H3,(H2,21,25)(H,22,28)(H,23,26)(H,24,27)(H,29,30). The Bertz CT molecular complexity index is 645. The van der Waals surface area contributed by atoms with E-state index < -0.39 is 53.8 Å². The van der Waals surface area contributed by atoms with E-state index in [1.54, 1.807) is 0 Å². The number of amides is 4. The summed E-state index contributed by atoms with van der Waals surface area (Å²) in [4.78, 5) is 59.4. The normalized spacial score (nSPS) is 14.8. The van der Waals surface area contributed by atoms with E-state index in [0.717, 1.165) is 0 Å². The first-order valence-electron chi connectivity index (χ1n) is 10.1. The van der Waals surface area contributed by atoms with Crippen LogP contribution in [-0.2, 0) is 24.0 Å². The summed E-state index contributed by atoms with van der Waals surface area (Å²) >= 11 is 1.46. The number of primary amides is 1. The van der Waals surface area contributed by atoms with Crippen molar-refractivity contribution in [1.29, 1.82) is 0 Å². The van der Waals surface area contributed by atoms with Crippen molar-refractivity contribution in [1.82, 2.24) is 16.0 Å². The average Bonchev–Trinajstić information content (AvgIpc) is 2.67. The van der Waals surface area contributed by atoms with Crippen molar-refractivity contribution in [2.24, 2.45) is 17.4 Å². The number of carboxylic acids is 1. The number of rotatable bonds is 15. The third-order valence-electron chi connectivity index (χ3n) is 4.36. The summed E-state index contributed by atoms with van der Waals surface area (Å²) < 4.78 is 0. The van der Waals surface area contributed by atoms with E-state index in [1.807, 2.05) is 20.1 Å². The van der Waals surface area contributed by atoms with Crippen molar-refractivity contribution in [2.45, 2.75) is 70.6 Å². The minimum absolute atomic E-state index is 0.0443. The van der Waals surface area contributed by atoms with Gasteiger partial charge < -0.3 is 32.5 Å². The first kappa shape index (κ1) is 28.7. The highest BCUT2D eigenvalue weighted by molar-refractivity contribution is 7.98. The van der Waals surface area contributed by atoms with Gasteiger partial charge in [-0.2, -0.15) is 11.8 Å². The third kappa shape index (κ3) is 12.2. The Labute approximate surface area is 186 Å². The molecule has 11 nitrogen and oxygen atoms in total. The van der Waals surface area contributed by atoms with Crippen LogP contribution in [0.25, 0.3) is 0 Å². The van der Waals surface area contributed by atoms with E-state index in [0.29, 0.717) is 12.2 Å². The molecule has 0 aliphatic heterocycles. The van der Waals surface area contributed by atoms with Crippen molar-refractivity contribution in [3.63, 3.8) is 0 Å². The van der Waals surface area contributed by atoms with Gasteiger partial charge in [0.05, 0.1) is 6.04 Å². The monoisotopic (exact) mass is 461 g/mol. The number of hydrogen-bond acceptors (Lipinski definition) is 7. The van der Waals surface area contributed by atoms with Crippen LogP contribution in [0.4, 0.5) is 0 Å². The lowest BCUT2D eigenvalue weighted by Gasteiger charge is -2.24. The molecule has 0 saturated carbocycles. The maximum atomic E-state index is 12.7. The fourth-order valence-electron chi connectivity index (χ4n) is 2.58. The Morgan fingerprint density at radius 3 is 1.97 bits per heavy atom. The molecule has 0 saturated heterocycles. The van der Waals surface area contributed by atoms with E-state index in [4.69, 9.17) is 11.5 Å². The van der Waals surface area contributed by atoms with Crippen LogP contribution >= 0.6 is 11.8 Å². The molecule has 0 spiro atoms. The summed E-state index contributed by atoms with van der Waals surface area (Å²) in [7, 11) is 0. The molecule has 31 heavy (non-hydrogen) atoms. The molecule has 0 aliphatic rings. The molecule has 4 amide bonds. The Balaban J connectivity index is 5.01. The van der Waals surface area contributed by atoms with Crippen molar-refractivity contribution < 1.29 is 29.1 Å². The lowest BCUT2D eigenvalue weighted by Crippen LogP contribution is -2.56. The van der Waals surface area contributed by atoms with Crippen LogP contribution in [0, 0.1) is 5.92 Å². The second kappa shape index (κ2) is 14.6. The van der Waals surface area contributed by atoms with Gasteiger partial charge in [-0.25, -0.2) is 4.79 Å². The zero-order valence-electron chi connectivity index (χ0n) is 18.5. The zero-order valence-corrected chi connectivity index (χ0v) is 19.3. The zero-order chi connectivity index (χ0) is 24.1. The second-order valence-corrected chi connectivity index (χ2v) is 8.70. The molecule has 0 aromatic rings. The first-order valence-corrected chi connectivity index (χ1v) is 11.4. The van der Waals surface area contributed by atoms with Gasteiger partial charge in [-0.1, -0.05) is 13.8 Å². The highest BCUT2D eigenvalue weighted by atomic mass is 32.2. The molecule has 0 aliphatic carbocycles. The molecule has 4 atom stereocenters. The lowest BCUT2D eigenvalue weighted by atomic mass is 10.0. The van der Waals surface area contributed by atoms with Gasteiger partial charge in [0.25, 0.3) is 0 Å². The quantitative estimate of drug-likeness (QED) is 0.177. The minimum atomic E-state index is -1.16. The summed E-state index contributed by atoms with van der Waals surface area (Å²) in [6.45, 7) is 5.14. The number of carbonyl (C=O) groups excluding carboxylic acids is 4. The molecule has 4 unspecified atom stereocenters. The van der Waals surface area contributed by atoms with E-state index in [2.05, 4.69) is 16.0 Å². The van der Waals surface area contributed by atoms with Crippen molar-refractivity contribution in [3.8, 4) is 0 Å². The van der Waals surface area contributed by atoms with Crippen LogP contribution in [0.5, 0.6) is 0 Å². The number of hydrogen-bond donors (Lipinski definition) is 6. The van der Waals surface area contributed by atoms with Gasteiger partial charge in [0.1, 0.15) is 18.1 Å². The van der Waals surface area contributed by atoms with Crippen LogP contribution in [0.15, 0.2) is 0 Å². The highest BCUT2D eigenvalue weighted by Crippen LogP contribution is 2.07. The molecule has 0 rings (SSSR count). The third-order valence-corrected chi connectivity index (χ3v) is 5.00. The van der Waals surface area contributed by atoms with Crippen molar-refractivity contribution in [2.75, 3.05) is 12.0 Å². The Morgan fingerprint density at radius 2 is 1.48 bits per heavy atom. The van der Waals surface area contributed by atoms with Gasteiger partial charge in [0.15, 0.2) is 0 Å². The van der Waals surface area contributed by atoms with E-state index >= 15 is 0 Å². The molecule has 0 aromatic carbocycles. The SMILES string of the molecule is CSCCC(NC(=O)C(C)NC(=O)C(CC(C)C)NC(=O)C(N)CCC(N)=O)C(=O)O. The van der Waals surface area contributed by atoms with E-state index in [1.165, 1.54) is 18.7 Å². The molecule has 0 radical (unpaired) electrons. The predicted molar refractivity (Wildman–Crippen MR) is 118 cm³/mol. The molecule has 178 valence electrons. The van der Waals surface area contributed by atoms with Crippen LogP contribution in [0.2, 0.25) is 0 Å². The van der Waals surface area contributed by atoms with Crippen LogP contribution in [0.1, 0.15) is 46.5 Å². The smallest absolute Gasteiger partial charge is 0.326 e. The number of carbonyl (C=O) groups is 5. The first-order chi connectivity index (χ1) is 14.4. The fourth-order valence-corrected chi connectivity index (χ4v) is 3.05. The molecular formula is C19H35N5O6S. The largest absolute Gasteiger partial charge is 0.480 e. The second-order valence-electron chi connectivity index (χ2n) is 7.71. The van der Waals surface area contributed by atoms with Gasteiger partial charge in [0, 0.05) is 6.42 Å². The van der Waals surface area contributed by atoms with Crippen LogP contribution in [0.3, 0.4) is 0 Å². The Kier molecular flexibility index (Phi) is 13.5. The van der Waals surface area contributed by atoms with Gasteiger partial charge in [0.2, 0.25) is 23.6 Å². The maximum absolute atomic E-state index is 12.7. The number of nitrogens with one attached hydrogen (secondary N) is 3. The number of carboxylic acid groups (broad SMARTS) is 1. The summed E-state index contributed by atoms with van der Waals surface area (Å²) in [5.74, 6) is -2.99. The van der Waals surface area contributed by atoms with Gasteiger partial charge in [-0.05, 0) is 44.1 Å². The Hall–Kier alpha value is -2.34. The predicted octanol–water partition coefficient (Wildman–Crippen LogP) is -1.06. The number of nitrogens with two attached hydrogens (primary N) is 2. The van der Waals surface area contributed by atoms with Crippen molar-refractivity contribution in [3.05, 3.63) is 0 Å². The molecule has 0 bridgehead atoms. The molecular weight excluding hydrogens is 426 g/mol. The van der Waals surface area contributed by atoms with Crippen LogP contribution in [-0.4, -0.2) is 70.9 Å². The number of aliphatic carboxylic acids is 1. The van der Waals surface area contributed by atoms with Gasteiger partial charge in [-0.3, -0.25) is 19.2 Å². The maximum Gasteiger partial charge on any atom is 0.326 e. The molecule has 12 heteroatoms.